The van der Waals surface area contributed by atoms with Crippen molar-refractivity contribution in [3.05, 3.63) is 27.2 Å². The Morgan fingerprint density at radius 1 is 1.73 bits per heavy atom. The maximum absolute atomic E-state index is 11.1. The van der Waals surface area contributed by atoms with Crippen LogP contribution in [0.4, 0.5) is 0 Å². The van der Waals surface area contributed by atoms with E-state index < -0.39 is 12.0 Å². The molecular weight excluding hydrogens is 204 g/mol. The molecule has 1 aliphatic rings. The molecule has 1 fully saturated rings. The molecule has 8 nitrogen and oxygen atoms in total. The third kappa shape index (κ3) is 1.75. The van der Waals surface area contributed by atoms with Gasteiger partial charge in [-0.25, -0.2) is 0 Å². The molecule has 2 heterocycles. The van der Waals surface area contributed by atoms with Crippen molar-refractivity contribution in [2.24, 2.45) is 0 Å². The molecule has 2 unspecified atom stereocenters. The first-order chi connectivity index (χ1) is 7.20. The van der Waals surface area contributed by atoms with Gasteiger partial charge in [-0.3, -0.25) is 14.7 Å². The van der Waals surface area contributed by atoms with Gasteiger partial charge in [0, 0.05) is 10.1 Å². The molecule has 0 radical (unpaired) electrons. The molecule has 1 aliphatic heterocycles. The van der Waals surface area contributed by atoms with E-state index in [-0.39, 0.29) is 22.1 Å². The normalized spacial score (nSPS) is 26.4. The summed E-state index contributed by atoms with van der Waals surface area (Å²) in [7, 11) is 0. The van der Waals surface area contributed by atoms with E-state index in [2.05, 4.69) is 15.1 Å². The van der Waals surface area contributed by atoms with Crippen molar-refractivity contribution in [1.82, 2.24) is 10.5 Å². The van der Waals surface area contributed by atoms with E-state index in [1.165, 1.54) is 6.20 Å². The molecule has 0 saturated carbocycles. The van der Waals surface area contributed by atoms with Crippen molar-refractivity contribution in [3.63, 3.8) is 0 Å². The van der Waals surface area contributed by atoms with Crippen molar-refractivity contribution in [2.45, 2.75) is 18.4 Å². The van der Waals surface area contributed by atoms with Crippen LogP contribution in [-0.4, -0.2) is 29.2 Å². The molecule has 8 heteroatoms. The molecule has 0 aromatic carbocycles. The number of hydrogen-bond donors (Lipinski definition) is 1. The largest absolute Gasteiger partial charge is 0.359 e. The van der Waals surface area contributed by atoms with Crippen LogP contribution in [0.15, 0.2) is 10.8 Å². The van der Waals surface area contributed by atoms with Crippen LogP contribution in [-0.2, 0) is 0 Å². The molecule has 1 N–H and O–H groups in total. The minimum absolute atomic E-state index is 0.234. The van der Waals surface area contributed by atoms with Crippen LogP contribution in [0, 0.1) is 15.3 Å². The number of aromatic nitrogens is 2. The smallest absolute Gasteiger partial charge is 0.236 e. The maximum Gasteiger partial charge on any atom is 0.236 e. The lowest BCUT2D eigenvalue weighted by Crippen LogP contribution is -2.47. The highest BCUT2D eigenvalue weighted by molar-refractivity contribution is 5.02. The van der Waals surface area contributed by atoms with Gasteiger partial charge < -0.3 is 10.5 Å². The number of hydrogen-bond acceptors (Lipinski definition) is 6. The van der Waals surface area contributed by atoms with Gasteiger partial charge in [0.1, 0.15) is 0 Å². The van der Waals surface area contributed by atoms with Crippen molar-refractivity contribution in [3.8, 4) is 0 Å². The Kier molecular flexibility index (Phi) is 2.50. The van der Waals surface area contributed by atoms with Gasteiger partial charge in [-0.15, -0.1) is 0 Å². The molecule has 0 spiro atoms. The van der Waals surface area contributed by atoms with E-state index in [1.54, 1.807) is 0 Å². The fraction of sp³-hybridized carbons (Fsp3) is 0.714. The van der Waals surface area contributed by atoms with E-state index in [0.717, 1.165) is 0 Å². The Morgan fingerprint density at radius 2 is 2.53 bits per heavy atom. The van der Waals surface area contributed by atoms with Crippen LogP contribution in [0.2, 0.25) is 0 Å². The molecule has 15 heavy (non-hydrogen) atoms. The van der Waals surface area contributed by atoms with Crippen molar-refractivity contribution in [2.75, 3.05) is 13.1 Å². The van der Waals surface area contributed by atoms with Crippen LogP contribution in [0.1, 0.15) is 18.0 Å². The SMILES string of the molecule is O=[N+]([O-])C1CNCCC1c1cno[n+]1[O-]. The molecule has 1 aromatic rings. The Balaban J connectivity index is 2.25. The van der Waals surface area contributed by atoms with Gasteiger partial charge in [0.2, 0.25) is 17.9 Å². The third-order valence-corrected chi connectivity index (χ3v) is 2.62. The molecule has 2 atom stereocenters. The molecule has 2 rings (SSSR count). The molecule has 0 bridgehead atoms. The van der Waals surface area contributed by atoms with Gasteiger partial charge in [-0.1, -0.05) is 0 Å². The second-order valence-corrected chi connectivity index (χ2v) is 3.45. The molecule has 82 valence electrons. The summed E-state index contributed by atoms with van der Waals surface area (Å²) in [6, 6.07) is -0.793. The molecule has 0 amide bonds. The number of nitrogens with one attached hydrogen (secondary N) is 1. The zero-order valence-corrected chi connectivity index (χ0v) is 7.83. The Morgan fingerprint density at radius 3 is 3.13 bits per heavy atom. The molecule has 0 aliphatic carbocycles. The highest BCUT2D eigenvalue weighted by Crippen LogP contribution is 2.24. The van der Waals surface area contributed by atoms with Gasteiger partial charge in [0.25, 0.3) is 0 Å². The highest BCUT2D eigenvalue weighted by atomic mass is 16.8. The predicted octanol–water partition coefficient (Wildman–Crippen LogP) is -0.970. The third-order valence-electron chi connectivity index (χ3n) is 2.62. The summed E-state index contributed by atoms with van der Waals surface area (Å²) in [5.41, 5.74) is 0.234. The second-order valence-electron chi connectivity index (χ2n) is 3.45. The number of nitro groups is 1. The summed E-state index contributed by atoms with van der Waals surface area (Å²) >= 11 is 0. The van der Waals surface area contributed by atoms with Crippen molar-refractivity contribution >= 4 is 0 Å². The molecule has 1 saturated heterocycles. The Bertz CT molecular complexity index is 366. The van der Waals surface area contributed by atoms with Gasteiger partial charge >= 0.3 is 0 Å². The predicted molar refractivity (Wildman–Crippen MR) is 46.5 cm³/mol. The van der Waals surface area contributed by atoms with E-state index in [9.17, 15) is 15.3 Å². The molecule has 1 aromatic heterocycles. The van der Waals surface area contributed by atoms with E-state index in [0.29, 0.717) is 13.0 Å². The first-order valence-electron chi connectivity index (χ1n) is 4.59. The summed E-state index contributed by atoms with van der Waals surface area (Å²) in [6.07, 6.45) is 1.79. The lowest BCUT2D eigenvalue weighted by Gasteiger charge is -2.23. The Labute approximate surface area is 84.5 Å². The number of nitrogens with zero attached hydrogens (tertiary/aromatic N) is 3. The summed E-state index contributed by atoms with van der Waals surface area (Å²) in [4.78, 5) is 10.6. The van der Waals surface area contributed by atoms with Crippen LogP contribution in [0.5, 0.6) is 0 Å². The average Bonchev–Trinajstić information content (AvgIpc) is 2.64. The van der Waals surface area contributed by atoms with Gasteiger partial charge in [-0.2, -0.15) is 0 Å². The number of piperidine rings is 1. The highest BCUT2D eigenvalue weighted by Gasteiger charge is 2.39. The maximum atomic E-state index is 11.1. The van der Waals surface area contributed by atoms with E-state index in [1.807, 2.05) is 0 Å². The van der Waals surface area contributed by atoms with Crippen LogP contribution >= 0.6 is 0 Å². The topological polar surface area (TPSA) is 108 Å². The molecular formula is C7H10N4O4. The summed E-state index contributed by atoms with van der Waals surface area (Å²) in [5.74, 6) is -0.426. The first-order valence-corrected chi connectivity index (χ1v) is 4.59. The lowest BCUT2D eigenvalue weighted by molar-refractivity contribution is -0.809. The quantitative estimate of drug-likeness (QED) is 0.385. The van der Waals surface area contributed by atoms with Crippen LogP contribution < -0.4 is 10.2 Å². The zero-order valence-electron chi connectivity index (χ0n) is 7.83. The first kappa shape index (κ1) is 9.84. The zero-order chi connectivity index (χ0) is 10.8. The summed E-state index contributed by atoms with van der Waals surface area (Å²) in [5, 5.41) is 28.2. The van der Waals surface area contributed by atoms with E-state index >= 15 is 0 Å². The Hall–Kier alpha value is -1.70. The van der Waals surface area contributed by atoms with E-state index in [4.69, 9.17) is 0 Å². The van der Waals surface area contributed by atoms with Crippen molar-refractivity contribution in [1.29, 1.82) is 0 Å². The summed E-state index contributed by atoms with van der Waals surface area (Å²) < 4.78 is 4.31. The van der Waals surface area contributed by atoms with Crippen LogP contribution in [0.3, 0.4) is 0 Å². The fourth-order valence-electron chi connectivity index (χ4n) is 1.85. The monoisotopic (exact) mass is 214 g/mol. The van der Waals surface area contributed by atoms with Crippen LogP contribution in [0.25, 0.3) is 0 Å². The second kappa shape index (κ2) is 3.81. The lowest BCUT2D eigenvalue weighted by atomic mass is 9.90. The standard InChI is InChI=1S/C7H10N4O4/c12-10(13)6-3-8-2-1-5(6)7-4-9-15-11(7)14/h4-6,8H,1-3H2. The summed E-state index contributed by atoms with van der Waals surface area (Å²) in [6.45, 7) is 0.920. The minimum Gasteiger partial charge on any atom is -0.359 e. The number of rotatable bonds is 2. The van der Waals surface area contributed by atoms with Gasteiger partial charge in [0.15, 0.2) is 0 Å². The average molecular weight is 214 g/mol. The van der Waals surface area contributed by atoms with Crippen molar-refractivity contribution < 1.29 is 14.5 Å². The van der Waals surface area contributed by atoms with Gasteiger partial charge in [0.05, 0.1) is 12.5 Å². The fourth-order valence-corrected chi connectivity index (χ4v) is 1.85. The van der Waals surface area contributed by atoms with Gasteiger partial charge in [-0.05, 0) is 17.9 Å². The minimum atomic E-state index is -0.793.